The van der Waals surface area contributed by atoms with Gasteiger partial charge in [0.1, 0.15) is 11.5 Å². The van der Waals surface area contributed by atoms with Crippen molar-refractivity contribution in [2.45, 2.75) is 6.92 Å². The van der Waals surface area contributed by atoms with E-state index in [1.807, 2.05) is 43.3 Å². The number of carbonyl (C=O) groups excluding carboxylic acids is 1. The molecule has 5 nitrogen and oxygen atoms in total. The number of methoxy groups -OCH3 is 1. The molecule has 2 aromatic rings. The minimum atomic E-state index is -0.347. The predicted molar refractivity (Wildman–Crippen MR) is 101 cm³/mol. The van der Waals surface area contributed by atoms with Crippen LogP contribution in [0.1, 0.15) is 11.1 Å². The molecule has 0 heterocycles. The Kier molecular flexibility index (Phi) is 6.81. The quantitative estimate of drug-likeness (QED) is 0.527. The molecule has 0 saturated heterocycles. The van der Waals surface area contributed by atoms with Crippen LogP contribution in [0.3, 0.4) is 0 Å². The number of hydrazone groups is 1. The summed E-state index contributed by atoms with van der Waals surface area (Å²) < 4.78 is 12.3. The average Bonchev–Trinajstić information content (AvgIpc) is 2.54. The molecule has 0 unspecified atom stereocenters. The number of amides is 1. The summed E-state index contributed by atoms with van der Waals surface area (Å²) in [5, 5.41) is 3.93. The Bertz CT molecular complexity index is 746. The van der Waals surface area contributed by atoms with Crippen molar-refractivity contribution in [3.8, 4) is 11.5 Å². The Hall–Kier alpha value is -1.86. The van der Waals surface area contributed by atoms with E-state index < -0.39 is 0 Å². The van der Waals surface area contributed by atoms with E-state index in [0.717, 1.165) is 20.1 Å². The smallest absolute Gasteiger partial charge is 0.277 e. The molecule has 0 aliphatic rings. The van der Waals surface area contributed by atoms with E-state index in [1.54, 1.807) is 7.11 Å². The fourth-order valence-electron chi connectivity index (χ4n) is 1.88. The Balaban J connectivity index is 1.91. The van der Waals surface area contributed by atoms with Crippen molar-refractivity contribution in [1.82, 2.24) is 5.43 Å². The minimum absolute atomic E-state index is 0.111. The van der Waals surface area contributed by atoms with E-state index >= 15 is 0 Å². The fraction of sp³-hybridized carbons (Fsp3) is 0.176. The first kappa shape index (κ1) is 18.5. The van der Waals surface area contributed by atoms with Gasteiger partial charge in [0.05, 0.1) is 17.8 Å². The standard InChI is InChI=1S/C17H16Br2N2O3/c1-11-3-5-14(6-4-11)24-10-16(22)21-20-9-12-7-13(18)8-15(19)17(12)23-2/h3-9H,10H2,1-2H3,(H,21,22). The van der Waals surface area contributed by atoms with E-state index in [0.29, 0.717) is 11.5 Å². The SMILES string of the molecule is COc1c(Br)cc(Br)cc1C=NNC(=O)COc1ccc(C)cc1. The second kappa shape index (κ2) is 8.84. The predicted octanol–water partition coefficient (Wildman–Crippen LogP) is 4.06. The van der Waals surface area contributed by atoms with Crippen LogP contribution in [0, 0.1) is 6.92 Å². The molecule has 0 spiro atoms. The lowest BCUT2D eigenvalue weighted by Crippen LogP contribution is -2.24. The molecule has 0 aromatic heterocycles. The average molecular weight is 456 g/mol. The number of nitrogens with zero attached hydrogens (tertiary/aromatic N) is 1. The molecule has 2 rings (SSSR count). The number of aryl methyl sites for hydroxylation is 1. The molecule has 0 radical (unpaired) electrons. The van der Waals surface area contributed by atoms with Crippen LogP contribution in [0.2, 0.25) is 0 Å². The van der Waals surface area contributed by atoms with E-state index in [9.17, 15) is 4.79 Å². The number of carbonyl (C=O) groups is 1. The zero-order chi connectivity index (χ0) is 17.5. The van der Waals surface area contributed by atoms with Gasteiger partial charge < -0.3 is 9.47 Å². The van der Waals surface area contributed by atoms with Crippen molar-refractivity contribution in [3.63, 3.8) is 0 Å². The number of hydrogen-bond donors (Lipinski definition) is 1. The summed E-state index contributed by atoms with van der Waals surface area (Å²) in [5.41, 5.74) is 4.27. The van der Waals surface area contributed by atoms with Crippen molar-refractivity contribution in [2.75, 3.05) is 13.7 Å². The highest BCUT2D eigenvalue weighted by molar-refractivity contribution is 9.11. The van der Waals surface area contributed by atoms with Gasteiger partial charge in [0.15, 0.2) is 6.61 Å². The van der Waals surface area contributed by atoms with Gasteiger partial charge in [-0.3, -0.25) is 4.79 Å². The van der Waals surface area contributed by atoms with Crippen LogP contribution in [-0.4, -0.2) is 25.8 Å². The second-order valence-corrected chi connectivity index (χ2v) is 6.68. The highest BCUT2D eigenvalue weighted by atomic mass is 79.9. The number of rotatable bonds is 6. The van der Waals surface area contributed by atoms with E-state index in [1.165, 1.54) is 6.21 Å². The Morgan fingerprint density at radius 2 is 1.96 bits per heavy atom. The van der Waals surface area contributed by atoms with Crippen LogP contribution in [0.15, 0.2) is 50.4 Å². The van der Waals surface area contributed by atoms with Gasteiger partial charge in [-0.05, 0) is 47.1 Å². The van der Waals surface area contributed by atoms with Gasteiger partial charge in [0, 0.05) is 10.0 Å². The van der Waals surface area contributed by atoms with Crippen molar-refractivity contribution < 1.29 is 14.3 Å². The minimum Gasteiger partial charge on any atom is -0.495 e. The first-order chi connectivity index (χ1) is 11.5. The summed E-state index contributed by atoms with van der Waals surface area (Å²) in [5.74, 6) is 0.921. The number of nitrogens with one attached hydrogen (secondary N) is 1. The lowest BCUT2D eigenvalue weighted by molar-refractivity contribution is -0.123. The fourth-order valence-corrected chi connectivity index (χ4v) is 3.30. The van der Waals surface area contributed by atoms with Gasteiger partial charge in [0.25, 0.3) is 5.91 Å². The molecule has 0 aliphatic heterocycles. The van der Waals surface area contributed by atoms with Crippen molar-refractivity contribution in [3.05, 3.63) is 56.5 Å². The number of ether oxygens (including phenoxy) is 2. The molecule has 0 saturated carbocycles. The summed E-state index contributed by atoms with van der Waals surface area (Å²) >= 11 is 6.81. The molecule has 0 aliphatic carbocycles. The third-order valence-electron chi connectivity index (χ3n) is 3.03. The van der Waals surface area contributed by atoms with Gasteiger partial charge >= 0.3 is 0 Å². The molecule has 7 heteroatoms. The Morgan fingerprint density at radius 1 is 1.25 bits per heavy atom. The van der Waals surface area contributed by atoms with Crippen molar-refractivity contribution >= 4 is 44.0 Å². The molecular weight excluding hydrogens is 440 g/mol. The van der Waals surface area contributed by atoms with Gasteiger partial charge in [-0.1, -0.05) is 33.6 Å². The van der Waals surface area contributed by atoms with Crippen LogP contribution in [0.4, 0.5) is 0 Å². The molecule has 0 atom stereocenters. The first-order valence-electron chi connectivity index (χ1n) is 7.04. The topological polar surface area (TPSA) is 59.9 Å². The highest BCUT2D eigenvalue weighted by Crippen LogP contribution is 2.31. The van der Waals surface area contributed by atoms with Gasteiger partial charge in [-0.2, -0.15) is 5.10 Å². The summed E-state index contributed by atoms with van der Waals surface area (Å²) in [6.07, 6.45) is 1.51. The lowest BCUT2D eigenvalue weighted by Gasteiger charge is -2.08. The van der Waals surface area contributed by atoms with Crippen LogP contribution in [0.5, 0.6) is 11.5 Å². The molecule has 2 aromatic carbocycles. The largest absolute Gasteiger partial charge is 0.495 e. The molecular formula is C17H16Br2N2O3. The summed E-state index contributed by atoms with van der Waals surface area (Å²) in [7, 11) is 1.57. The van der Waals surface area contributed by atoms with Crippen molar-refractivity contribution in [2.24, 2.45) is 5.10 Å². The highest BCUT2D eigenvalue weighted by Gasteiger charge is 2.08. The Morgan fingerprint density at radius 3 is 2.62 bits per heavy atom. The second-order valence-electron chi connectivity index (χ2n) is 4.90. The molecule has 1 N–H and O–H groups in total. The van der Waals surface area contributed by atoms with Gasteiger partial charge in [-0.25, -0.2) is 5.43 Å². The van der Waals surface area contributed by atoms with Gasteiger partial charge in [0.2, 0.25) is 0 Å². The molecule has 126 valence electrons. The van der Waals surface area contributed by atoms with Crippen LogP contribution in [0.25, 0.3) is 0 Å². The maximum atomic E-state index is 11.8. The zero-order valence-electron chi connectivity index (χ0n) is 13.2. The zero-order valence-corrected chi connectivity index (χ0v) is 16.3. The Labute approximate surface area is 157 Å². The lowest BCUT2D eigenvalue weighted by atomic mass is 10.2. The number of benzene rings is 2. The monoisotopic (exact) mass is 454 g/mol. The maximum absolute atomic E-state index is 11.8. The summed E-state index contributed by atoms with van der Waals surface area (Å²) in [4.78, 5) is 11.8. The normalized spacial score (nSPS) is 10.7. The van der Waals surface area contributed by atoms with Crippen LogP contribution >= 0.6 is 31.9 Å². The molecule has 24 heavy (non-hydrogen) atoms. The molecule has 0 fully saturated rings. The van der Waals surface area contributed by atoms with Gasteiger partial charge in [-0.15, -0.1) is 0 Å². The molecule has 0 bridgehead atoms. The molecule has 1 amide bonds. The third-order valence-corrected chi connectivity index (χ3v) is 4.07. The van der Waals surface area contributed by atoms with Crippen LogP contribution in [-0.2, 0) is 4.79 Å². The summed E-state index contributed by atoms with van der Waals surface area (Å²) in [6.45, 7) is 1.87. The van der Waals surface area contributed by atoms with Crippen LogP contribution < -0.4 is 14.9 Å². The first-order valence-corrected chi connectivity index (χ1v) is 8.62. The number of halogens is 2. The van der Waals surface area contributed by atoms with E-state index in [4.69, 9.17) is 9.47 Å². The summed E-state index contributed by atoms with van der Waals surface area (Å²) in [6, 6.07) is 11.2. The third kappa shape index (κ3) is 5.35. The number of hydrogen-bond acceptors (Lipinski definition) is 4. The van der Waals surface area contributed by atoms with Crippen molar-refractivity contribution in [1.29, 1.82) is 0 Å². The maximum Gasteiger partial charge on any atom is 0.277 e. The van der Waals surface area contributed by atoms with E-state index in [2.05, 4.69) is 42.4 Å². The van der Waals surface area contributed by atoms with E-state index in [-0.39, 0.29) is 12.5 Å².